The lowest BCUT2D eigenvalue weighted by molar-refractivity contribution is -0.384. The van der Waals surface area contributed by atoms with Crippen molar-refractivity contribution in [3.05, 3.63) is 46.0 Å². The molecule has 1 N–H and O–H groups in total. The van der Waals surface area contributed by atoms with E-state index in [1.165, 1.54) is 0 Å². The average molecular weight is 289 g/mol. The number of nitro groups is 1. The molecule has 6 heteroatoms. The van der Waals surface area contributed by atoms with Crippen LogP contribution in [0.5, 0.6) is 0 Å². The molecule has 0 saturated heterocycles. The number of benzene rings is 1. The van der Waals surface area contributed by atoms with Crippen molar-refractivity contribution in [1.29, 1.82) is 0 Å². The van der Waals surface area contributed by atoms with Crippen LogP contribution in [0.4, 0.5) is 5.69 Å². The van der Waals surface area contributed by atoms with Crippen LogP contribution in [-0.4, -0.2) is 22.5 Å². The Bertz CT molecular complexity index is 635. The van der Waals surface area contributed by atoms with E-state index >= 15 is 0 Å². The predicted molar refractivity (Wildman–Crippen MR) is 80.2 cm³/mol. The molecule has 0 radical (unpaired) electrons. The molecule has 0 atom stereocenters. The molecule has 0 aliphatic carbocycles. The minimum atomic E-state index is -0.382. The summed E-state index contributed by atoms with van der Waals surface area (Å²) in [6, 6.07) is 5.57. The Morgan fingerprint density at radius 1 is 1.43 bits per heavy atom. The van der Waals surface area contributed by atoms with E-state index in [4.69, 9.17) is 4.42 Å². The van der Waals surface area contributed by atoms with Gasteiger partial charge in [-0.1, -0.05) is 26.0 Å². The van der Waals surface area contributed by atoms with Gasteiger partial charge >= 0.3 is 0 Å². The zero-order valence-corrected chi connectivity index (χ0v) is 12.4. The van der Waals surface area contributed by atoms with Crippen LogP contribution in [0.1, 0.15) is 25.3 Å². The van der Waals surface area contributed by atoms with E-state index in [2.05, 4.69) is 24.1 Å². The third-order valence-electron chi connectivity index (χ3n) is 3.13. The normalized spacial score (nSPS) is 11.0. The largest absolute Gasteiger partial charge is 0.440 e. The molecule has 6 nitrogen and oxygen atoms in total. The van der Waals surface area contributed by atoms with Gasteiger partial charge in [0.2, 0.25) is 0 Å². The third-order valence-corrected chi connectivity index (χ3v) is 3.13. The van der Waals surface area contributed by atoms with E-state index in [-0.39, 0.29) is 10.6 Å². The maximum Gasteiger partial charge on any atom is 0.283 e. The van der Waals surface area contributed by atoms with Crippen molar-refractivity contribution in [3.8, 4) is 11.3 Å². The molecular weight excluding hydrogens is 270 g/mol. The number of aromatic nitrogens is 1. The number of hydrogen-bond donors (Lipinski definition) is 1. The summed E-state index contributed by atoms with van der Waals surface area (Å²) in [6.07, 6.45) is 2.20. The fourth-order valence-electron chi connectivity index (χ4n) is 2.12. The Morgan fingerprint density at radius 2 is 2.19 bits per heavy atom. The Kier molecular flexibility index (Phi) is 4.70. The highest BCUT2D eigenvalue weighted by Gasteiger charge is 2.21. The molecule has 21 heavy (non-hydrogen) atoms. The van der Waals surface area contributed by atoms with Crippen molar-refractivity contribution < 1.29 is 9.34 Å². The standard InChI is InChI=1S/C15H19N3O3/c1-10(2)16-8-7-14-17-9-13(21-14)12-6-4-5-11(3)15(12)18(19)20/h4-6,9-10,16H,7-8H2,1-3H3. The minimum Gasteiger partial charge on any atom is -0.440 e. The van der Waals surface area contributed by atoms with Crippen molar-refractivity contribution in [2.75, 3.05) is 6.54 Å². The van der Waals surface area contributed by atoms with Gasteiger partial charge < -0.3 is 9.73 Å². The van der Waals surface area contributed by atoms with Gasteiger partial charge in [0.25, 0.3) is 5.69 Å². The van der Waals surface area contributed by atoms with Crippen LogP contribution in [0, 0.1) is 17.0 Å². The molecule has 0 spiro atoms. The van der Waals surface area contributed by atoms with Crippen LogP contribution in [-0.2, 0) is 6.42 Å². The number of hydrogen-bond acceptors (Lipinski definition) is 5. The SMILES string of the molecule is Cc1cccc(-c2cnc(CCNC(C)C)o2)c1[N+](=O)[O-]. The molecule has 2 rings (SSSR count). The molecule has 0 bridgehead atoms. The first-order valence-corrected chi connectivity index (χ1v) is 6.91. The Labute approximate surface area is 123 Å². The van der Waals surface area contributed by atoms with Crippen molar-refractivity contribution >= 4 is 5.69 Å². The predicted octanol–water partition coefficient (Wildman–Crippen LogP) is 3.10. The van der Waals surface area contributed by atoms with Gasteiger partial charge in [-0.25, -0.2) is 4.98 Å². The van der Waals surface area contributed by atoms with Gasteiger partial charge in [-0.15, -0.1) is 0 Å². The lowest BCUT2D eigenvalue weighted by Crippen LogP contribution is -2.24. The Morgan fingerprint density at radius 3 is 2.86 bits per heavy atom. The average Bonchev–Trinajstić information content (AvgIpc) is 2.86. The van der Waals surface area contributed by atoms with E-state index in [0.717, 1.165) is 6.54 Å². The second kappa shape index (κ2) is 6.49. The number of oxazole rings is 1. The molecule has 0 unspecified atom stereocenters. The highest BCUT2D eigenvalue weighted by atomic mass is 16.6. The van der Waals surface area contributed by atoms with Gasteiger partial charge in [0, 0.05) is 24.6 Å². The van der Waals surface area contributed by atoms with E-state index in [1.807, 2.05) is 0 Å². The monoisotopic (exact) mass is 289 g/mol. The van der Waals surface area contributed by atoms with Crippen LogP contribution in [0.15, 0.2) is 28.8 Å². The first-order chi connectivity index (χ1) is 9.99. The van der Waals surface area contributed by atoms with Crippen LogP contribution in [0.3, 0.4) is 0 Å². The summed E-state index contributed by atoms with van der Waals surface area (Å²) in [6.45, 7) is 6.60. The number of rotatable bonds is 6. The second-order valence-corrected chi connectivity index (χ2v) is 5.21. The van der Waals surface area contributed by atoms with E-state index in [0.29, 0.717) is 35.2 Å². The summed E-state index contributed by atoms with van der Waals surface area (Å²) < 4.78 is 5.64. The Balaban J connectivity index is 2.22. The molecule has 2 aromatic rings. The molecule has 0 amide bonds. The van der Waals surface area contributed by atoms with E-state index < -0.39 is 0 Å². The highest BCUT2D eigenvalue weighted by molar-refractivity contribution is 5.71. The fourth-order valence-corrected chi connectivity index (χ4v) is 2.12. The quantitative estimate of drug-likeness (QED) is 0.652. The van der Waals surface area contributed by atoms with Gasteiger partial charge in [-0.05, 0) is 13.0 Å². The maximum atomic E-state index is 11.2. The Hall–Kier alpha value is -2.21. The summed E-state index contributed by atoms with van der Waals surface area (Å²) in [4.78, 5) is 15.0. The molecule has 0 aliphatic rings. The lowest BCUT2D eigenvalue weighted by Gasteiger charge is -2.05. The number of nitrogens with one attached hydrogen (secondary N) is 1. The first kappa shape index (κ1) is 15.2. The van der Waals surface area contributed by atoms with Crippen molar-refractivity contribution in [2.45, 2.75) is 33.2 Å². The van der Waals surface area contributed by atoms with Gasteiger partial charge in [0.1, 0.15) is 0 Å². The first-order valence-electron chi connectivity index (χ1n) is 6.91. The molecule has 0 saturated carbocycles. The summed E-state index contributed by atoms with van der Waals surface area (Å²) >= 11 is 0. The number of nitro benzene ring substituents is 1. The van der Waals surface area contributed by atoms with Crippen LogP contribution in [0.2, 0.25) is 0 Å². The summed E-state index contributed by atoms with van der Waals surface area (Å²) in [5.74, 6) is 1.01. The maximum absolute atomic E-state index is 11.2. The molecule has 1 aromatic carbocycles. The zero-order valence-electron chi connectivity index (χ0n) is 12.4. The molecule has 1 aromatic heterocycles. The minimum absolute atomic E-state index is 0.0699. The lowest BCUT2D eigenvalue weighted by atomic mass is 10.1. The number of aryl methyl sites for hydroxylation is 1. The second-order valence-electron chi connectivity index (χ2n) is 5.21. The van der Waals surface area contributed by atoms with Gasteiger partial charge in [0.15, 0.2) is 11.7 Å². The molecular formula is C15H19N3O3. The summed E-state index contributed by atoms with van der Waals surface area (Å²) in [5, 5.41) is 14.5. The highest BCUT2D eigenvalue weighted by Crippen LogP contribution is 2.32. The van der Waals surface area contributed by atoms with Crippen molar-refractivity contribution in [2.24, 2.45) is 0 Å². The van der Waals surface area contributed by atoms with Crippen molar-refractivity contribution in [1.82, 2.24) is 10.3 Å². The van der Waals surface area contributed by atoms with E-state index in [9.17, 15) is 10.1 Å². The van der Waals surface area contributed by atoms with Crippen LogP contribution < -0.4 is 5.32 Å². The topological polar surface area (TPSA) is 81.2 Å². The zero-order chi connectivity index (χ0) is 15.4. The summed E-state index contributed by atoms with van der Waals surface area (Å²) in [5.41, 5.74) is 1.15. The molecule has 112 valence electrons. The van der Waals surface area contributed by atoms with Crippen molar-refractivity contribution in [3.63, 3.8) is 0 Å². The smallest absolute Gasteiger partial charge is 0.283 e. The third kappa shape index (κ3) is 3.66. The van der Waals surface area contributed by atoms with Crippen LogP contribution in [0.25, 0.3) is 11.3 Å². The number of nitrogens with zero attached hydrogens (tertiary/aromatic N) is 2. The van der Waals surface area contributed by atoms with Gasteiger partial charge in [-0.2, -0.15) is 0 Å². The van der Waals surface area contributed by atoms with E-state index in [1.54, 1.807) is 31.3 Å². The molecule has 0 aliphatic heterocycles. The van der Waals surface area contributed by atoms with Gasteiger partial charge in [0.05, 0.1) is 16.7 Å². The fraction of sp³-hybridized carbons (Fsp3) is 0.400. The van der Waals surface area contributed by atoms with Gasteiger partial charge in [-0.3, -0.25) is 10.1 Å². The number of para-hydroxylation sites is 1. The summed E-state index contributed by atoms with van der Waals surface area (Å²) in [7, 11) is 0. The molecule has 1 heterocycles. The molecule has 0 fully saturated rings. The van der Waals surface area contributed by atoms with Crippen LogP contribution >= 0.6 is 0 Å².